The molecule has 0 unspecified atom stereocenters. The van der Waals surface area contributed by atoms with Crippen LogP contribution in [-0.2, 0) is 19.1 Å². The van der Waals surface area contributed by atoms with Crippen LogP contribution in [0.25, 0.3) is 0 Å². The maximum atomic E-state index is 12.4. The molecule has 30 heavy (non-hydrogen) atoms. The van der Waals surface area contributed by atoms with E-state index in [1.165, 1.54) is 6.92 Å². The van der Waals surface area contributed by atoms with Gasteiger partial charge in [-0.2, -0.15) is 0 Å². The molecule has 0 aromatic heterocycles. The van der Waals surface area contributed by atoms with Gasteiger partial charge in [0.15, 0.2) is 0 Å². The second kappa shape index (κ2) is 12.0. The molecule has 3 N–H and O–H groups in total. The number of aliphatic hydroxyl groups excluding tert-OH is 2. The summed E-state index contributed by atoms with van der Waals surface area (Å²) in [5, 5.41) is 30.1. The largest absolute Gasteiger partial charge is 0.457 e. The first-order valence-electron chi connectivity index (χ1n) is 10.4. The monoisotopic (exact) mass is 424 g/mol. The number of rotatable bonds is 5. The summed E-state index contributed by atoms with van der Waals surface area (Å²) in [5.74, 6) is -1.32. The minimum absolute atomic E-state index is 0.00657. The van der Waals surface area contributed by atoms with Gasteiger partial charge in [-0.3, -0.25) is 9.59 Å². The zero-order valence-electron chi connectivity index (χ0n) is 18.6. The average molecular weight is 425 g/mol. The predicted molar refractivity (Wildman–Crippen MR) is 113 cm³/mol. The van der Waals surface area contributed by atoms with Crippen LogP contribution in [0.15, 0.2) is 36.0 Å². The van der Waals surface area contributed by atoms with E-state index in [0.717, 1.165) is 5.57 Å². The second-order valence-corrected chi connectivity index (χ2v) is 8.39. The third-order valence-electron chi connectivity index (χ3n) is 5.15. The van der Waals surface area contributed by atoms with E-state index < -0.39 is 35.9 Å². The Balaban J connectivity index is 3.22. The van der Waals surface area contributed by atoms with Crippen LogP contribution in [0.3, 0.4) is 0 Å². The van der Waals surface area contributed by atoms with Crippen molar-refractivity contribution in [3.8, 4) is 0 Å². The lowest BCUT2D eigenvalue weighted by atomic mass is 9.88. The van der Waals surface area contributed by atoms with Crippen molar-refractivity contribution in [3.63, 3.8) is 0 Å². The number of esters is 2. The maximum Gasteiger partial charge on any atom is 0.309 e. The summed E-state index contributed by atoms with van der Waals surface area (Å²) in [6.07, 6.45) is 6.48. The van der Waals surface area contributed by atoms with Crippen molar-refractivity contribution in [1.82, 2.24) is 0 Å². The summed E-state index contributed by atoms with van der Waals surface area (Å²) in [6.45, 7) is 8.42. The molecule has 0 amide bonds. The summed E-state index contributed by atoms with van der Waals surface area (Å²) in [5.41, 5.74) is -0.612. The highest BCUT2D eigenvalue weighted by molar-refractivity contribution is 5.70. The molecule has 7 nitrogen and oxygen atoms in total. The SMILES string of the molecule is CC(=O)O[C@@H]1/C=C/[C@H](C)[C@@H](/C(C)=C/C=C/[C@@H](C)CO)OC(=O)C[C@@H](O)CC[C@]1(C)O. The van der Waals surface area contributed by atoms with Crippen LogP contribution in [0, 0.1) is 11.8 Å². The van der Waals surface area contributed by atoms with E-state index in [-0.39, 0.29) is 37.7 Å². The molecule has 1 aliphatic heterocycles. The molecule has 1 rings (SSSR count). The first kappa shape index (κ1) is 26.1. The summed E-state index contributed by atoms with van der Waals surface area (Å²) in [7, 11) is 0. The van der Waals surface area contributed by atoms with Crippen LogP contribution >= 0.6 is 0 Å². The highest BCUT2D eigenvalue weighted by Gasteiger charge is 2.34. The Hall–Kier alpha value is -1.96. The Kier molecular flexibility index (Phi) is 10.5. The Morgan fingerprint density at radius 2 is 2.07 bits per heavy atom. The molecule has 1 aliphatic rings. The fraction of sp³-hybridized carbons (Fsp3) is 0.652. The molecule has 0 spiro atoms. The van der Waals surface area contributed by atoms with Crippen molar-refractivity contribution in [2.75, 3.05) is 6.61 Å². The van der Waals surface area contributed by atoms with E-state index in [4.69, 9.17) is 14.6 Å². The molecular formula is C23H36O7. The van der Waals surface area contributed by atoms with Gasteiger partial charge in [-0.05, 0) is 44.3 Å². The molecule has 0 saturated carbocycles. The normalized spacial score (nSPS) is 33.9. The lowest BCUT2D eigenvalue weighted by molar-refractivity contribution is -0.157. The molecule has 0 saturated heterocycles. The van der Waals surface area contributed by atoms with Gasteiger partial charge < -0.3 is 24.8 Å². The summed E-state index contributed by atoms with van der Waals surface area (Å²) < 4.78 is 10.9. The third-order valence-corrected chi connectivity index (χ3v) is 5.15. The Morgan fingerprint density at radius 1 is 1.40 bits per heavy atom. The zero-order valence-corrected chi connectivity index (χ0v) is 18.6. The second-order valence-electron chi connectivity index (χ2n) is 8.39. The number of cyclic esters (lactones) is 1. The Bertz CT molecular complexity index is 662. The first-order valence-corrected chi connectivity index (χ1v) is 10.4. The Labute approximate surface area is 179 Å². The number of hydrogen-bond donors (Lipinski definition) is 3. The summed E-state index contributed by atoms with van der Waals surface area (Å²) in [4.78, 5) is 23.9. The van der Waals surface area contributed by atoms with Crippen molar-refractivity contribution in [2.24, 2.45) is 11.8 Å². The molecule has 7 heteroatoms. The maximum absolute atomic E-state index is 12.4. The van der Waals surface area contributed by atoms with Gasteiger partial charge in [-0.15, -0.1) is 0 Å². The van der Waals surface area contributed by atoms with E-state index >= 15 is 0 Å². The van der Waals surface area contributed by atoms with Gasteiger partial charge in [-0.1, -0.05) is 38.2 Å². The van der Waals surface area contributed by atoms with Gasteiger partial charge >= 0.3 is 11.9 Å². The molecule has 6 atom stereocenters. The van der Waals surface area contributed by atoms with Crippen molar-refractivity contribution in [1.29, 1.82) is 0 Å². The van der Waals surface area contributed by atoms with Crippen LogP contribution in [0.2, 0.25) is 0 Å². The van der Waals surface area contributed by atoms with Crippen molar-refractivity contribution < 1.29 is 34.4 Å². The first-order chi connectivity index (χ1) is 14.0. The quantitative estimate of drug-likeness (QED) is 0.353. The van der Waals surface area contributed by atoms with E-state index in [0.29, 0.717) is 0 Å². The van der Waals surface area contributed by atoms with E-state index in [1.54, 1.807) is 25.2 Å². The highest BCUT2D eigenvalue weighted by atomic mass is 16.6. The Morgan fingerprint density at radius 3 is 2.67 bits per heavy atom. The number of carbonyl (C=O) groups is 2. The number of hydrogen-bond acceptors (Lipinski definition) is 7. The fourth-order valence-electron chi connectivity index (χ4n) is 3.18. The third kappa shape index (κ3) is 8.81. The lowest BCUT2D eigenvalue weighted by Crippen LogP contribution is -2.42. The molecular weight excluding hydrogens is 388 g/mol. The number of aliphatic hydroxyl groups is 3. The van der Waals surface area contributed by atoms with Gasteiger partial charge in [0, 0.05) is 19.4 Å². The van der Waals surface area contributed by atoms with Crippen LogP contribution < -0.4 is 0 Å². The molecule has 0 radical (unpaired) electrons. The van der Waals surface area contributed by atoms with Crippen LogP contribution in [-0.4, -0.2) is 57.8 Å². The minimum Gasteiger partial charge on any atom is -0.457 e. The topological polar surface area (TPSA) is 113 Å². The van der Waals surface area contributed by atoms with Crippen molar-refractivity contribution >= 4 is 11.9 Å². The highest BCUT2D eigenvalue weighted by Crippen LogP contribution is 2.26. The van der Waals surface area contributed by atoms with E-state index in [9.17, 15) is 19.8 Å². The van der Waals surface area contributed by atoms with Crippen LogP contribution in [0.5, 0.6) is 0 Å². The number of ether oxygens (including phenoxy) is 2. The number of allylic oxidation sites excluding steroid dienone is 2. The van der Waals surface area contributed by atoms with Gasteiger partial charge in [0.05, 0.1) is 12.5 Å². The predicted octanol–water partition coefficient (Wildman–Crippen LogP) is 2.45. The molecule has 0 aromatic carbocycles. The minimum atomic E-state index is -1.39. The lowest BCUT2D eigenvalue weighted by Gasteiger charge is -2.32. The molecule has 170 valence electrons. The molecule has 0 fully saturated rings. The molecule has 0 aromatic rings. The summed E-state index contributed by atoms with van der Waals surface area (Å²) in [6, 6.07) is 0. The van der Waals surface area contributed by atoms with Gasteiger partial charge in [-0.25, -0.2) is 0 Å². The van der Waals surface area contributed by atoms with Crippen molar-refractivity contribution in [3.05, 3.63) is 36.0 Å². The zero-order chi connectivity index (χ0) is 22.9. The van der Waals surface area contributed by atoms with Gasteiger partial charge in [0.1, 0.15) is 17.8 Å². The van der Waals surface area contributed by atoms with Crippen LogP contribution in [0.1, 0.15) is 53.9 Å². The van der Waals surface area contributed by atoms with Crippen LogP contribution in [0.4, 0.5) is 0 Å². The summed E-state index contributed by atoms with van der Waals surface area (Å²) >= 11 is 0. The smallest absolute Gasteiger partial charge is 0.309 e. The average Bonchev–Trinajstić information content (AvgIpc) is 2.66. The molecule has 1 heterocycles. The molecule has 0 aliphatic carbocycles. The molecule has 0 bridgehead atoms. The van der Waals surface area contributed by atoms with E-state index in [1.807, 2.05) is 32.9 Å². The van der Waals surface area contributed by atoms with Gasteiger partial charge in [0.25, 0.3) is 0 Å². The number of carbonyl (C=O) groups excluding carboxylic acids is 2. The van der Waals surface area contributed by atoms with Crippen molar-refractivity contribution in [2.45, 2.75) is 77.8 Å². The standard InChI is InChI=1S/C23H36O7/c1-15(14-24)7-6-8-16(2)22-17(3)9-10-20(29-18(4)25)23(5,28)12-11-19(26)13-21(27)30-22/h6-10,15,17,19-20,22,24,26,28H,11-14H2,1-5H3/b7-6+,10-9+,16-8+/t15-,17+,19+,20-,22-,23+/m1/s1. The fourth-order valence-corrected chi connectivity index (χ4v) is 3.18. The van der Waals surface area contributed by atoms with E-state index in [2.05, 4.69) is 0 Å². The van der Waals surface area contributed by atoms with Gasteiger partial charge in [0.2, 0.25) is 0 Å².